The molecule has 26 heavy (non-hydrogen) atoms. The van der Waals surface area contributed by atoms with E-state index in [1.165, 1.54) is 47.8 Å². The lowest BCUT2D eigenvalue weighted by Crippen LogP contribution is -3.00. The molecule has 0 radical (unpaired) electrons. The van der Waals surface area contributed by atoms with Crippen molar-refractivity contribution in [3.8, 4) is 0 Å². The average molecular weight is 383 g/mol. The van der Waals surface area contributed by atoms with Gasteiger partial charge in [-0.15, -0.1) is 0 Å². The molecular weight excluding hydrogens is 355 g/mol. The lowest BCUT2D eigenvalue weighted by atomic mass is 10.2. The Hall–Kier alpha value is -1.62. The maximum Gasteiger partial charge on any atom is 0.0849 e. The predicted molar refractivity (Wildman–Crippen MR) is 113 cm³/mol. The highest BCUT2D eigenvalue weighted by molar-refractivity contribution is 7.73. The van der Waals surface area contributed by atoms with Gasteiger partial charge < -0.3 is 12.4 Å². The van der Waals surface area contributed by atoms with Crippen LogP contribution in [-0.4, -0.2) is 6.16 Å². The van der Waals surface area contributed by atoms with Crippen LogP contribution in [0.4, 0.5) is 0 Å². The second-order valence-electron chi connectivity index (χ2n) is 7.00. The van der Waals surface area contributed by atoms with Gasteiger partial charge in [-0.1, -0.05) is 97.9 Å². The molecule has 0 nitrogen and oxygen atoms in total. The van der Waals surface area contributed by atoms with Crippen molar-refractivity contribution in [1.29, 1.82) is 0 Å². The molecule has 0 atom stereocenters. The van der Waals surface area contributed by atoms with Crippen LogP contribution in [-0.2, 0) is 18.5 Å². The van der Waals surface area contributed by atoms with Crippen LogP contribution in [0.2, 0.25) is 0 Å². The monoisotopic (exact) mass is 382 g/mol. The summed E-state index contributed by atoms with van der Waals surface area (Å²) < 4.78 is 0. The number of halogens is 1. The molecule has 0 amide bonds. The van der Waals surface area contributed by atoms with Gasteiger partial charge in [-0.05, 0) is 23.1 Å². The first kappa shape index (κ1) is 20.7. The van der Waals surface area contributed by atoms with Crippen molar-refractivity contribution in [2.75, 3.05) is 6.16 Å². The fourth-order valence-corrected chi connectivity index (χ4v) is 8.51. The van der Waals surface area contributed by atoms with E-state index in [9.17, 15) is 0 Å². The Morgan fingerprint density at radius 1 is 0.538 bits per heavy atom. The summed E-state index contributed by atoms with van der Waals surface area (Å²) in [7, 11) is -1.16. The Labute approximate surface area is 165 Å². The van der Waals surface area contributed by atoms with Gasteiger partial charge in [0.1, 0.15) is 0 Å². The number of hydrogen-bond acceptors (Lipinski definition) is 0. The standard InChI is InChI=1S/C24H28P.ClH/c1-2-18-25(19-22-12-6-3-7-13-22,20-23-14-8-4-9-15-23)21-24-16-10-5-11-17-24;/h3-17H,2,18-21H2,1H3;1H/q+1;/p-1. The second-order valence-corrected chi connectivity index (χ2v) is 11.1. The number of rotatable bonds is 8. The Kier molecular flexibility index (Phi) is 8.36. The Balaban J connectivity index is 0.00000243. The van der Waals surface area contributed by atoms with Crippen molar-refractivity contribution >= 4 is 7.26 Å². The summed E-state index contributed by atoms with van der Waals surface area (Å²) in [6.45, 7) is 2.34. The summed E-state index contributed by atoms with van der Waals surface area (Å²) in [5.74, 6) is 0. The zero-order chi connectivity index (χ0) is 17.4. The fourth-order valence-electron chi connectivity index (χ4n) is 3.79. The van der Waals surface area contributed by atoms with E-state index < -0.39 is 7.26 Å². The first-order valence-corrected chi connectivity index (χ1v) is 11.8. The van der Waals surface area contributed by atoms with E-state index >= 15 is 0 Å². The van der Waals surface area contributed by atoms with Crippen molar-refractivity contribution < 1.29 is 12.4 Å². The highest BCUT2D eigenvalue weighted by atomic mass is 35.5. The summed E-state index contributed by atoms with van der Waals surface area (Å²) in [4.78, 5) is 0. The molecule has 136 valence electrons. The van der Waals surface area contributed by atoms with E-state index in [2.05, 4.69) is 97.9 Å². The van der Waals surface area contributed by atoms with Gasteiger partial charge in [0.2, 0.25) is 0 Å². The van der Waals surface area contributed by atoms with Crippen LogP contribution >= 0.6 is 7.26 Å². The van der Waals surface area contributed by atoms with Crippen molar-refractivity contribution in [2.45, 2.75) is 31.8 Å². The van der Waals surface area contributed by atoms with Crippen LogP contribution in [0.3, 0.4) is 0 Å². The largest absolute Gasteiger partial charge is 1.00 e. The summed E-state index contributed by atoms with van der Waals surface area (Å²) >= 11 is 0. The zero-order valence-corrected chi connectivity index (χ0v) is 17.2. The van der Waals surface area contributed by atoms with Crippen LogP contribution in [0.1, 0.15) is 30.0 Å². The minimum absolute atomic E-state index is 0. The topological polar surface area (TPSA) is 0 Å². The van der Waals surface area contributed by atoms with E-state index in [-0.39, 0.29) is 12.4 Å². The lowest BCUT2D eigenvalue weighted by molar-refractivity contribution is -0.00000531. The Morgan fingerprint density at radius 3 is 1.12 bits per heavy atom. The maximum atomic E-state index is 2.34. The third-order valence-electron chi connectivity index (χ3n) is 4.78. The molecule has 0 aromatic heterocycles. The van der Waals surface area contributed by atoms with Crippen molar-refractivity contribution in [3.63, 3.8) is 0 Å². The number of hydrogen-bond donors (Lipinski definition) is 0. The SMILES string of the molecule is CCC[P+](Cc1ccccc1)(Cc1ccccc1)Cc1ccccc1.[Cl-]. The van der Waals surface area contributed by atoms with E-state index in [4.69, 9.17) is 0 Å². The van der Waals surface area contributed by atoms with Crippen molar-refractivity contribution in [1.82, 2.24) is 0 Å². The molecule has 0 fully saturated rings. The number of benzene rings is 3. The molecule has 0 saturated carbocycles. The average Bonchev–Trinajstić information content (AvgIpc) is 2.64. The normalized spacial score (nSPS) is 11.0. The van der Waals surface area contributed by atoms with Gasteiger partial charge in [-0.2, -0.15) is 0 Å². The molecule has 3 rings (SSSR count). The van der Waals surface area contributed by atoms with E-state index in [0.29, 0.717) is 0 Å². The minimum atomic E-state index is -1.16. The van der Waals surface area contributed by atoms with Crippen LogP contribution in [0.5, 0.6) is 0 Å². The smallest absolute Gasteiger partial charge is 0.0849 e. The fraction of sp³-hybridized carbons (Fsp3) is 0.250. The predicted octanol–water partition coefficient (Wildman–Crippen LogP) is 4.02. The molecule has 3 aromatic carbocycles. The summed E-state index contributed by atoms with van der Waals surface area (Å²) in [5.41, 5.74) is 4.49. The zero-order valence-electron chi connectivity index (χ0n) is 15.5. The summed E-state index contributed by atoms with van der Waals surface area (Å²) in [6, 6.07) is 33.3. The van der Waals surface area contributed by atoms with Gasteiger partial charge >= 0.3 is 0 Å². The molecule has 0 bridgehead atoms. The van der Waals surface area contributed by atoms with Gasteiger partial charge in [0.05, 0.1) is 24.6 Å². The van der Waals surface area contributed by atoms with Gasteiger partial charge in [-0.3, -0.25) is 0 Å². The lowest BCUT2D eigenvalue weighted by Gasteiger charge is -2.28. The molecule has 2 heteroatoms. The third kappa shape index (κ3) is 5.97. The van der Waals surface area contributed by atoms with E-state index in [0.717, 1.165) is 0 Å². The first-order valence-electron chi connectivity index (χ1n) is 9.26. The van der Waals surface area contributed by atoms with Crippen LogP contribution in [0.15, 0.2) is 91.0 Å². The molecule has 0 N–H and O–H groups in total. The Morgan fingerprint density at radius 2 is 0.846 bits per heavy atom. The van der Waals surface area contributed by atoms with Gasteiger partial charge in [-0.25, -0.2) is 0 Å². The third-order valence-corrected chi connectivity index (χ3v) is 9.28. The quantitative estimate of drug-likeness (QED) is 0.516. The highest BCUT2D eigenvalue weighted by Gasteiger charge is 2.37. The minimum Gasteiger partial charge on any atom is -1.00 e. The molecule has 0 aliphatic carbocycles. The summed E-state index contributed by atoms with van der Waals surface area (Å²) in [6.07, 6.45) is 6.34. The van der Waals surface area contributed by atoms with E-state index in [1.54, 1.807) is 0 Å². The van der Waals surface area contributed by atoms with E-state index in [1.807, 2.05) is 0 Å². The second kappa shape index (κ2) is 10.5. The molecule has 0 unspecified atom stereocenters. The molecule has 0 saturated heterocycles. The first-order chi connectivity index (χ1) is 12.3. The molecule has 0 aliphatic rings. The van der Waals surface area contributed by atoms with Crippen LogP contribution in [0, 0.1) is 0 Å². The van der Waals surface area contributed by atoms with Crippen LogP contribution in [0.25, 0.3) is 0 Å². The van der Waals surface area contributed by atoms with Gasteiger partial charge in [0.25, 0.3) is 0 Å². The molecule has 0 spiro atoms. The van der Waals surface area contributed by atoms with Crippen molar-refractivity contribution in [3.05, 3.63) is 108 Å². The molecule has 3 aromatic rings. The molecule has 0 aliphatic heterocycles. The Bertz CT molecular complexity index is 640. The molecule has 0 heterocycles. The van der Waals surface area contributed by atoms with Crippen LogP contribution < -0.4 is 12.4 Å². The summed E-state index contributed by atoms with van der Waals surface area (Å²) in [5, 5.41) is 0. The van der Waals surface area contributed by atoms with Gasteiger partial charge in [0.15, 0.2) is 0 Å². The van der Waals surface area contributed by atoms with Gasteiger partial charge in [0, 0.05) is 7.26 Å². The molecular formula is C24H28ClP. The maximum absolute atomic E-state index is 2.34. The van der Waals surface area contributed by atoms with Crippen molar-refractivity contribution in [2.24, 2.45) is 0 Å². The highest BCUT2D eigenvalue weighted by Crippen LogP contribution is 2.66.